The summed E-state index contributed by atoms with van der Waals surface area (Å²) in [5.74, 6) is -0.914. The molecule has 1 saturated carbocycles. The average Bonchev–Trinajstić information content (AvgIpc) is 3.31. The molecule has 21 heavy (non-hydrogen) atoms. The van der Waals surface area contributed by atoms with Gasteiger partial charge < -0.3 is 10.0 Å². The van der Waals surface area contributed by atoms with Gasteiger partial charge in [-0.1, -0.05) is 6.07 Å². The van der Waals surface area contributed by atoms with E-state index in [-0.39, 0.29) is 25.0 Å². The second-order valence-corrected chi connectivity index (χ2v) is 5.07. The Kier molecular flexibility index (Phi) is 4.43. The lowest BCUT2D eigenvalue weighted by Crippen LogP contribution is -2.43. The lowest BCUT2D eigenvalue weighted by Gasteiger charge is -2.28. The Morgan fingerprint density at radius 1 is 1.43 bits per heavy atom. The van der Waals surface area contributed by atoms with Gasteiger partial charge in [0, 0.05) is 25.3 Å². The number of urea groups is 1. The van der Waals surface area contributed by atoms with E-state index in [9.17, 15) is 9.59 Å². The molecular formula is C15H17N3O3. The number of amides is 2. The van der Waals surface area contributed by atoms with E-state index in [0.717, 1.165) is 12.8 Å². The van der Waals surface area contributed by atoms with Crippen molar-refractivity contribution >= 4 is 17.7 Å². The van der Waals surface area contributed by atoms with Gasteiger partial charge >= 0.3 is 12.0 Å². The van der Waals surface area contributed by atoms with Gasteiger partial charge in [-0.3, -0.25) is 9.69 Å². The van der Waals surface area contributed by atoms with Crippen LogP contribution in [0.1, 0.15) is 24.8 Å². The van der Waals surface area contributed by atoms with Crippen LogP contribution in [0.25, 0.3) is 0 Å². The first-order chi connectivity index (χ1) is 10.0. The molecule has 0 aliphatic heterocycles. The van der Waals surface area contributed by atoms with Gasteiger partial charge in [0.05, 0.1) is 18.1 Å². The van der Waals surface area contributed by atoms with Crippen molar-refractivity contribution in [2.75, 3.05) is 18.5 Å². The lowest BCUT2D eigenvalue weighted by molar-refractivity contribution is -0.137. The van der Waals surface area contributed by atoms with Crippen LogP contribution in [0.3, 0.4) is 0 Å². The lowest BCUT2D eigenvalue weighted by atomic mass is 10.2. The van der Waals surface area contributed by atoms with Crippen LogP contribution in [0, 0.1) is 11.3 Å². The Labute approximate surface area is 123 Å². The highest BCUT2D eigenvalue weighted by Crippen LogP contribution is 2.29. The highest BCUT2D eigenvalue weighted by atomic mass is 16.4. The van der Waals surface area contributed by atoms with Crippen LogP contribution in [0.4, 0.5) is 10.5 Å². The Hall–Kier alpha value is -2.55. The summed E-state index contributed by atoms with van der Waals surface area (Å²) >= 11 is 0. The van der Waals surface area contributed by atoms with Crippen molar-refractivity contribution < 1.29 is 14.7 Å². The summed E-state index contributed by atoms with van der Waals surface area (Å²) in [6.07, 6.45) is 1.77. The van der Waals surface area contributed by atoms with Crippen LogP contribution in [-0.4, -0.2) is 41.6 Å². The third kappa shape index (κ3) is 3.72. The molecule has 0 bridgehead atoms. The van der Waals surface area contributed by atoms with E-state index in [2.05, 4.69) is 0 Å². The number of rotatable bonds is 5. The van der Waals surface area contributed by atoms with E-state index in [0.29, 0.717) is 11.3 Å². The molecule has 0 unspecified atom stereocenters. The van der Waals surface area contributed by atoms with Gasteiger partial charge in [0.2, 0.25) is 0 Å². The fourth-order valence-electron chi connectivity index (χ4n) is 2.12. The summed E-state index contributed by atoms with van der Waals surface area (Å²) < 4.78 is 0. The standard InChI is InChI=1S/C15H17N3O3/c1-17(13-4-2-3-11(9-13)10-16)15(21)18(12-5-6-12)8-7-14(19)20/h2-4,9,12H,5-8H2,1H3,(H,19,20). The van der Waals surface area contributed by atoms with Crippen LogP contribution < -0.4 is 4.90 Å². The molecule has 1 aromatic carbocycles. The van der Waals surface area contributed by atoms with Crippen molar-refractivity contribution in [2.24, 2.45) is 0 Å². The van der Waals surface area contributed by atoms with Crippen molar-refractivity contribution in [2.45, 2.75) is 25.3 Å². The van der Waals surface area contributed by atoms with Crippen LogP contribution in [0.2, 0.25) is 0 Å². The summed E-state index contributed by atoms with van der Waals surface area (Å²) in [6.45, 7) is 0.209. The molecule has 0 spiro atoms. The Morgan fingerprint density at radius 2 is 2.14 bits per heavy atom. The number of carboxylic acids is 1. The minimum atomic E-state index is -0.914. The summed E-state index contributed by atoms with van der Waals surface area (Å²) in [7, 11) is 1.63. The van der Waals surface area contributed by atoms with Gasteiger partial charge in [-0.05, 0) is 31.0 Å². The summed E-state index contributed by atoms with van der Waals surface area (Å²) in [5, 5.41) is 17.7. The number of nitrogens with zero attached hydrogens (tertiary/aromatic N) is 3. The molecule has 110 valence electrons. The Morgan fingerprint density at radius 3 is 2.71 bits per heavy atom. The molecule has 0 atom stereocenters. The molecule has 6 heteroatoms. The Balaban J connectivity index is 2.11. The van der Waals surface area contributed by atoms with E-state index < -0.39 is 5.97 Å². The highest BCUT2D eigenvalue weighted by molar-refractivity contribution is 5.92. The van der Waals surface area contributed by atoms with E-state index in [1.165, 1.54) is 4.90 Å². The van der Waals surface area contributed by atoms with Crippen molar-refractivity contribution in [1.29, 1.82) is 5.26 Å². The van der Waals surface area contributed by atoms with Crippen molar-refractivity contribution in [3.05, 3.63) is 29.8 Å². The molecule has 1 aliphatic carbocycles. The molecule has 0 aromatic heterocycles. The number of carboxylic acid groups (broad SMARTS) is 1. The van der Waals surface area contributed by atoms with Crippen LogP contribution in [0.15, 0.2) is 24.3 Å². The smallest absolute Gasteiger partial charge is 0.324 e. The zero-order valence-corrected chi connectivity index (χ0v) is 11.8. The van der Waals surface area contributed by atoms with Crippen molar-refractivity contribution in [1.82, 2.24) is 4.90 Å². The van der Waals surface area contributed by atoms with Crippen molar-refractivity contribution in [3.8, 4) is 6.07 Å². The van der Waals surface area contributed by atoms with E-state index in [1.54, 1.807) is 36.2 Å². The summed E-state index contributed by atoms with van der Waals surface area (Å²) in [5.41, 5.74) is 1.11. The van der Waals surface area contributed by atoms with Gasteiger partial charge in [0.15, 0.2) is 0 Å². The highest BCUT2D eigenvalue weighted by Gasteiger charge is 2.34. The first-order valence-electron chi connectivity index (χ1n) is 6.79. The number of hydrogen-bond donors (Lipinski definition) is 1. The second-order valence-electron chi connectivity index (χ2n) is 5.07. The van der Waals surface area contributed by atoms with Gasteiger partial charge in [-0.25, -0.2) is 4.79 Å². The number of aliphatic carboxylic acids is 1. The number of hydrogen-bond acceptors (Lipinski definition) is 3. The third-order valence-electron chi connectivity index (χ3n) is 3.45. The molecule has 1 aliphatic rings. The number of benzene rings is 1. The fraction of sp³-hybridized carbons (Fsp3) is 0.400. The zero-order chi connectivity index (χ0) is 15.4. The molecule has 0 radical (unpaired) electrons. The third-order valence-corrected chi connectivity index (χ3v) is 3.45. The minimum absolute atomic E-state index is 0.0612. The average molecular weight is 287 g/mol. The monoisotopic (exact) mass is 287 g/mol. The molecule has 6 nitrogen and oxygen atoms in total. The van der Waals surface area contributed by atoms with Gasteiger partial charge in [-0.15, -0.1) is 0 Å². The summed E-state index contributed by atoms with van der Waals surface area (Å²) in [6, 6.07) is 8.73. The van der Waals surface area contributed by atoms with E-state index in [4.69, 9.17) is 10.4 Å². The first kappa shape index (κ1) is 14.9. The predicted molar refractivity (Wildman–Crippen MR) is 76.9 cm³/mol. The number of carbonyl (C=O) groups is 2. The largest absolute Gasteiger partial charge is 0.481 e. The minimum Gasteiger partial charge on any atom is -0.481 e. The predicted octanol–water partition coefficient (Wildman–Crippen LogP) is 2.05. The van der Waals surface area contributed by atoms with Crippen LogP contribution in [0.5, 0.6) is 0 Å². The maximum Gasteiger partial charge on any atom is 0.324 e. The molecule has 0 heterocycles. The molecule has 2 amide bonds. The molecule has 0 saturated heterocycles. The van der Waals surface area contributed by atoms with Gasteiger partial charge in [0.1, 0.15) is 0 Å². The van der Waals surface area contributed by atoms with Gasteiger partial charge in [0.25, 0.3) is 0 Å². The summed E-state index contributed by atoms with van der Waals surface area (Å²) in [4.78, 5) is 26.3. The fourth-order valence-corrected chi connectivity index (χ4v) is 2.12. The van der Waals surface area contributed by atoms with Gasteiger partial charge in [-0.2, -0.15) is 5.26 Å². The maximum absolute atomic E-state index is 12.5. The normalized spacial score (nSPS) is 13.3. The quantitative estimate of drug-likeness (QED) is 0.898. The SMILES string of the molecule is CN(C(=O)N(CCC(=O)O)C1CC1)c1cccc(C#N)c1. The first-order valence-corrected chi connectivity index (χ1v) is 6.79. The van der Waals surface area contributed by atoms with Crippen LogP contribution in [-0.2, 0) is 4.79 Å². The molecule has 2 rings (SSSR count). The zero-order valence-electron chi connectivity index (χ0n) is 11.8. The van der Waals surface area contributed by atoms with E-state index in [1.807, 2.05) is 6.07 Å². The number of carbonyl (C=O) groups excluding carboxylic acids is 1. The topological polar surface area (TPSA) is 84.6 Å². The Bertz CT molecular complexity index is 590. The molecule has 1 N–H and O–H groups in total. The second kappa shape index (κ2) is 6.27. The van der Waals surface area contributed by atoms with E-state index >= 15 is 0 Å². The van der Waals surface area contributed by atoms with Crippen molar-refractivity contribution in [3.63, 3.8) is 0 Å². The molecule has 1 fully saturated rings. The maximum atomic E-state index is 12.5. The number of anilines is 1. The molecule has 1 aromatic rings. The number of nitriles is 1. The molecular weight excluding hydrogens is 270 g/mol. The van der Waals surface area contributed by atoms with Crippen LogP contribution >= 0.6 is 0 Å².